The van der Waals surface area contributed by atoms with Gasteiger partial charge in [-0.15, -0.1) is 0 Å². The molecular formula is C26H30F3N5O7. The fraction of sp³-hybridized carbons (Fsp3) is 0.462. The lowest BCUT2D eigenvalue weighted by molar-refractivity contribution is -0.138. The van der Waals surface area contributed by atoms with Crippen molar-refractivity contribution < 1.29 is 41.6 Å². The van der Waals surface area contributed by atoms with E-state index >= 15 is 0 Å². The predicted molar refractivity (Wildman–Crippen MR) is 138 cm³/mol. The van der Waals surface area contributed by atoms with E-state index in [-0.39, 0.29) is 36.8 Å². The lowest BCUT2D eigenvalue weighted by atomic mass is 9.97. The minimum absolute atomic E-state index is 0.0971. The molecule has 222 valence electrons. The summed E-state index contributed by atoms with van der Waals surface area (Å²) >= 11 is 0. The highest BCUT2D eigenvalue weighted by molar-refractivity contribution is 6.02. The number of hydrogen-bond donors (Lipinski definition) is 3. The van der Waals surface area contributed by atoms with Gasteiger partial charge in [-0.1, -0.05) is 18.2 Å². The van der Waals surface area contributed by atoms with E-state index in [1.54, 1.807) is 6.92 Å². The van der Waals surface area contributed by atoms with Crippen molar-refractivity contribution in [3.63, 3.8) is 0 Å². The second-order valence-electron chi connectivity index (χ2n) is 9.29. The van der Waals surface area contributed by atoms with Gasteiger partial charge in [0.25, 0.3) is 11.5 Å². The summed E-state index contributed by atoms with van der Waals surface area (Å²) in [6.07, 6.45) is -1.54. The van der Waals surface area contributed by atoms with Crippen LogP contribution in [-0.4, -0.2) is 52.6 Å². The maximum atomic E-state index is 13.8. The van der Waals surface area contributed by atoms with Gasteiger partial charge in [0.1, 0.15) is 17.5 Å². The minimum atomic E-state index is -4.92. The third-order valence-electron chi connectivity index (χ3n) is 6.28. The van der Waals surface area contributed by atoms with Gasteiger partial charge in [0.05, 0.1) is 12.2 Å². The number of aryl methyl sites for hydroxylation is 1. The Labute approximate surface area is 232 Å². The largest absolute Gasteiger partial charge is 0.463 e. The van der Waals surface area contributed by atoms with Crippen molar-refractivity contribution in [1.29, 1.82) is 0 Å². The molecule has 3 rings (SSSR count). The number of rotatable bonds is 11. The molecule has 0 radical (unpaired) electrons. The minimum Gasteiger partial charge on any atom is -0.463 e. The van der Waals surface area contributed by atoms with Crippen molar-refractivity contribution in [1.82, 2.24) is 20.4 Å². The predicted octanol–water partition coefficient (Wildman–Crippen LogP) is 2.50. The molecule has 3 atom stereocenters. The third kappa shape index (κ3) is 8.05. The molecule has 0 aromatic carbocycles. The van der Waals surface area contributed by atoms with E-state index in [1.165, 1.54) is 26.0 Å². The summed E-state index contributed by atoms with van der Waals surface area (Å²) in [5.41, 5.74) is -3.33. The molecule has 0 aliphatic carbocycles. The zero-order valence-corrected chi connectivity index (χ0v) is 22.5. The maximum Gasteiger partial charge on any atom is 0.417 e. The maximum absolute atomic E-state index is 13.8. The number of nitrogens with zero attached hydrogens (tertiary/aromatic N) is 2. The van der Waals surface area contributed by atoms with Crippen LogP contribution in [0.4, 0.5) is 18.9 Å². The summed E-state index contributed by atoms with van der Waals surface area (Å²) in [5.74, 6) is -2.97. The molecule has 1 aliphatic heterocycles. The number of amides is 3. The summed E-state index contributed by atoms with van der Waals surface area (Å²) < 4.78 is 51.6. The molecule has 41 heavy (non-hydrogen) atoms. The van der Waals surface area contributed by atoms with E-state index in [1.807, 2.05) is 0 Å². The first-order valence-corrected chi connectivity index (χ1v) is 12.8. The van der Waals surface area contributed by atoms with Crippen LogP contribution in [-0.2, 0) is 25.3 Å². The van der Waals surface area contributed by atoms with Gasteiger partial charge in [0.15, 0.2) is 5.69 Å². The third-order valence-corrected chi connectivity index (χ3v) is 6.28. The molecule has 0 spiro atoms. The molecule has 0 saturated carbocycles. The number of anilines is 1. The molecule has 1 saturated heterocycles. The normalized spacial score (nSPS) is 16.7. The highest BCUT2D eigenvalue weighted by atomic mass is 19.4. The molecule has 1 aliphatic rings. The number of carbonyl (C=O) groups is 4. The molecule has 3 N–H and O–H groups in total. The Bertz CT molecular complexity index is 1380. The van der Waals surface area contributed by atoms with Gasteiger partial charge in [0.2, 0.25) is 11.8 Å². The van der Waals surface area contributed by atoms with Crippen LogP contribution in [0.3, 0.4) is 0 Å². The molecule has 0 unspecified atom stereocenters. The van der Waals surface area contributed by atoms with Crippen molar-refractivity contribution in [2.75, 3.05) is 18.5 Å². The lowest BCUT2D eigenvalue weighted by Crippen LogP contribution is -2.43. The first-order chi connectivity index (χ1) is 19.3. The Hall–Kier alpha value is -4.43. The Morgan fingerprint density at radius 1 is 1.27 bits per heavy atom. The molecule has 12 nitrogen and oxygen atoms in total. The second-order valence-corrected chi connectivity index (χ2v) is 9.29. The van der Waals surface area contributed by atoms with E-state index in [9.17, 15) is 37.1 Å². The van der Waals surface area contributed by atoms with E-state index in [0.29, 0.717) is 29.8 Å². The summed E-state index contributed by atoms with van der Waals surface area (Å²) in [6, 6.07) is -0.618. The molecule has 3 heterocycles. The van der Waals surface area contributed by atoms with Gasteiger partial charge in [0, 0.05) is 36.8 Å². The van der Waals surface area contributed by atoms with E-state index < -0.39 is 58.8 Å². The van der Waals surface area contributed by atoms with Gasteiger partial charge in [-0.2, -0.15) is 13.2 Å². The fourth-order valence-corrected chi connectivity index (χ4v) is 4.27. The summed E-state index contributed by atoms with van der Waals surface area (Å²) in [4.78, 5) is 63.1. The Morgan fingerprint density at radius 2 is 2.00 bits per heavy atom. The first kappa shape index (κ1) is 31.1. The molecular weight excluding hydrogens is 551 g/mol. The van der Waals surface area contributed by atoms with Crippen LogP contribution in [0.5, 0.6) is 0 Å². The number of carbonyl (C=O) groups excluding carboxylic acids is 4. The first-order valence-electron chi connectivity index (χ1n) is 12.8. The number of hydrogen-bond acceptors (Lipinski definition) is 8. The van der Waals surface area contributed by atoms with Crippen LogP contribution in [0.15, 0.2) is 39.8 Å². The molecule has 2 aromatic heterocycles. The second kappa shape index (κ2) is 13.3. The molecule has 3 amide bonds. The Morgan fingerprint density at radius 3 is 2.56 bits per heavy atom. The van der Waals surface area contributed by atoms with Crippen molar-refractivity contribution in [2.24, 2.45) is 5.92 Å². The van der Waals surface area contributed by atoms with Crippen LogP contribution in [0.1, 0.15) is 61.0 Å². The summed E-state index contributed by atoms with van der Waals surface area (Å²) in [6.45, 7) is 5.14. The number of pyridine rings is 1. The van der Waals surface area contributed by atoms with Crippen molar-refractivity contribution in [3.8, 4) is 0 Å². The van der Waals surface area contributed by atoms with E-state index in [2.05, 4.69) is 21.1 Å². The zero-order valence-electron chi connectivity index (χ0n) is 22.5. The van der Waals surface area contributed by atoms with Crippen molar-refractivity contribution >= 4 is 29.4 Å². The van der Waals surface area contributed by atoms with E-state index in [4.69, 9.17) is 9.26 Å². The monoisotopic (exact) mass is 581 g/mol. The SMILES string of the molecule is CCOC(=O)/C=C/[C@H](C[C@@H]1CCNC1=O)NC(=O)[C@H](CC)n1cc(C(F)(F)F)cc(NC(=O)c2cc(C)on2)c1=O. The lowest BCUT2D eigenvalue weighted by Gasteiger charge is -2.24. The molecule has 1 fully saturated rings. The topological polar surface area (TPSA) is 162 Å². The quantitative estimate of drug-likeness (QED) is 0.269. The van der Waals surface area contributed by atoms with Gasteiger partial charge >= 0.3 is 12.1 Å². The van der Waals surface area contributed by atoms with Crippen molar-refractivity contribution in [3.05, 3.63) is 57.9 Å². The number of aromatic nitrogens is 2. The zero-order chi connectivity index (χ0) is 30.3. The number of nitrogens with one attached hydrogen (secondary N) is 3. The average molecular weight is 582 g/mol. The van der Waals surface area contributed by atoms with Crippen molar-refractivity contribution in [2.45, 2.75) is 58.3 Å². The molecule has 0 bridgehead atoms. The smallest absolute Gasteiger partial charge is 0.417 e. The molecule has 15 heteroatoms. The van der Waals surface area contributed by atoms with Crippen LogP contribution >= 0.6 is 0 Å². The highest BCUT2D eigenvalue weighted by Gasteiger charge is 2.35. The van der Waals surface area contributed by atoms with Gasteiger partial charge in [-0.3, -0.25) is 19.2 Å². The average Bonchev–Trinajstić information content (AvgIpc) is 3.52. The number of ether oxygens (including phenoxy) is 1. The van der Waals surface area contributed by atoms with Gasteiger partial charge in [-0.25, -0.2) is 4.79 Å². The van der Waals surface area contributed by atoms with Crippen LogP contribution < -0.4 is 21.5 Å². The Balaban J connectivity index is 1.94. The van der Waals surface area contributed by atoms with Crippen LogP contribution in [0.2, 0.25) is 0 Å². The van der Waals surface area contributed by atoms with E-state index in [0.717, 1.165) is 6.08 Å². The van der Waals surface area contributed by atoms with Crippen LogP contribution in [0.25, 0.3) is 0 Å². The fourth-order valence-electron chi connectivity index (χ4n) is 4.27. The standard InChI is InChI=1S/C26H30F3N5O7/c1-4-20(24(38)31-17(6-7-21(35)40-5-2)11-15-8-9-30-22(15)36)34-13-16(26(27,28)29)12-19(25(34)39)32-23(37)18-10-14(3)41-33-18/h6-7,10,12-13,15,17,20H,4-5,8-9,11H2,1-3H3,(H,30,36)(H,31,38)(H,32,37)/b7-6+/t15-,17+,20-/m0/s1. The summed E-state index contributed by atoms with van der Waals surface area (Å²) in [5, 5.41) is 10.9. The van der Waals surface area contributed by atoms with Gasteiger partial charge < -0.3 is 29.8 Å². The summed E-state index contributed by atoms with van der Waals surface area (Å²) in [7, 11) is 0. The number of alkyl halides is 3. The number of halogens is 3. The van der Waals surface area contributed by atoms with Gasteiger partial charge in [-0.05, 0) is 39.2 Å². The van der Waals surface area contributed by atoms with Crippen LogP contribution in [0, 0.1) is 12.8 Å². The molecule has 2 aromatic rings. The highest BCUT2D eigenvalue weighted by Crippen LogP contribution is 2.31. The Kier molecular flexibility index (Phi) is 10.1. The number of esters is 1.